The normalized spacial score (nSPS) is 12.3. The molecule has 0 atom stereocenters. The average Bonchev–Trinajstić information content (AvgIpc) is 2.13. The maximum Gasteiger partial charge on any atom is 0.573 e. The Morgan fingerprint density at radius 3 is 2.39 bits per heavy atom. The highest BCUT2D eigenvalue weighted by atomic mass is 127. The SMILES string of the molecule is COc1c(OC(F)(F)F)cnc(S(N)(=O)=O)c1I. The van der Waals surface area contributed by atoms with Crippen molar-refractivity contribution in [2.24, 2.45) is 5.14 Å². The van der Waals surface area contributed by atoms with E-state index in [0.717, 1.165) is 7.11 Å². The van der Waals surface area contributed by atoms with E-state index in [9.17, 15) is 21.6 Å². The predicted molar refractivity (Wildman–Crippen MR) is 61.6 cm³/mol. The van der Waals surface area contributed by atoms with Crippen molar-refractivity contribution in [1.29, 1.82) is 0 Å². The standard InChI is InChI=1S/C7H6F3IN2O4S/c1-16-5-3(17-7(8,9)10)2-13-6(4(5)11)18(12,14)15/h2H,1H3,(H2,12,14,15). The van der Waals surface area contributed by atoms with Gasteiger partial charge in [0.15, 0.2) is 16.5 Å². The Morgan fingerprint density at radius 2 is 2.00 bits per heavy atom. The lowest BCUT2D eigenvalue weighted by Crippen LogP contribution is -2.20. The molecule has 0 amide bonds. The van der Waals surface area contributed by atoms with Gasteiger partial charge in [-0.1, -0.05) is 0 Å². The minimum absolute atomic E-state index is 0.195. The van der Waals surface area contributed by atoms with Gasteiger partial charge in [0.2, 0.25) is 0 Å². The van der Waals surface area contributed by atoms with Crippen LogP contribution >= 0.6 is 22.6 Å². The lowest BCUT2D eigenvalue weighted by atomic mass is 10.4. The number of nitrogens with two attached hydrogens (primary N) is 1. The first-order valence-corrected chi connectivity index (χ1v) is 6.70. The van der Waals surface area contributed by atoms with Gasteiger partial charge >= 0.3 is 6.36 Å². The van der Waals surface area contributed by atoms with Gasteiger partial charge in [-0.15, -0.1) is 13.2 Å². The van der Waals surface area contributed by atoms with Crippen molar-refractivity contribution in [3.63, 3.8) is 0 Å². The molecule has 0 spiro atoms. The van der Waals surface area contributed by atoms with Crippen LogP contribution in [0.1, 0.15) is 0 Å². The van der Waals surface area contributed by atoms with E-state index in [0.29, 0.717) is 6.20 Å². The molecule has 0 aliphatic heterocycles. The molecule has 6 nitrogen and oxygen atoms in total. The summed E-state index contributed by atoms with van der Waals surface area (Å²) in [6.07, 6.45) is -4.37. The van der Waals surface area contributed by atoms with E-state index in [-0.39, 0.29) is 3.57 Å². The summed E-state index contributed by atoms with van der Waals surface area (Å²) < 4.78 is 66.6. The fourth-order valence-electron chi connectivity index (χ4n) is 1.02. The topological polar surface area (TPSA) is 91.5 Å². The van der Waals surface area contributed by atoms with Gasteiger partial charge in [0.05, 0.1) is 16.9 Å². The van der Waals surface area contributed by atoms with Gasteiger partial charge in [-0.05, 0) is 22.6 Å². The molecule has 11 heteroatoms. The van der Waals surface area contributed by atoms with Gasteiger partial charge in [-0.3, -0.25) is 0 Å². The van der Waals surface area contributed by atoms with Crippen LogP contribution in [-0.4, -0.2) is 26.9 Å². The number of primary sulfonamides is 1. The molecule has 0 aromatic carbocycles. The quantitative estimate of drug-likeness (QED) is 0.774. The van der Waals surface area contributed by atoms with Crippen molar-refractivity contribution in [1.82, 2.24) is 4.98 Å². The van der Waals surface area contributed by atoms with Crippen LogP contribution < -0.4 is 14.6 Å². The summed E-state index contributed by atoms with van der Waals surface area (Å²) in [5.41, 5.74) is 0. The Kier molecular flexibility index (Phi) is 4.27. The van der Waals surface area contributed by atoms with Gasteiger partial charge in [0, 0.05) is 0 Å². The Morgan fingerprint density at radius 1 is 1.44 bits per heavy atom. The van der Waals surface area contributed by atoms with Crippen LogP contribution in [0.2, 0.25) is 0 Å². The first-order valence-electron chi connectivity index (χ1n) is 4.07. The lowest BCUT2D eigenvalue weighted by molar-refractivity contribution is -0.275. The fraction of sp³-hybridized carbons (Fsp3) is 0.286. The second kappa shape index (κ2) is 5.05. The molecule has 0 radical (unpaired) electrons. The van der Waals surface area contributed by atoms with Gasteiger partial charge in [-0.2, -0.15) is 0 Å². The van der Waals surface area contributed by atoms with Gasteiger partial charge in [0.25, 0.3) is 10.0 Å². The molecule has 1 aromatic heterocycles. The molecule has 0 fully saturated rings. The van der Waals surface area contributed by atoms with Crippen molar-refractivity contribution >= 4 is 32.6 Å². The van der Waals surface area contributed by atoms with E-state index in [4.69, 9.17) is 5.14 Å². The van der Waals surface area contributed by atoms with Crippen molar-refractivity contribution in [2.45, 2.75) is 11.4 Å². The third kappa shape index (κ3) is 3.58. The second-order valence-electron chi connectivity index (χ2n) is 2.87. The van der Waals surface area contributed by atoms with Crippen LogP contribution in [0.3, 0.4) is 0 Å². The molecule has 1 aromatic rings. The van der Waals surface area contributed by atoms with Crippen LogP contribution in [0.15, 0.2) is 11.2 Å². The minimum Gasteiger partial charge on any atom is -0.492 e. The Balaban J connectivity index is 3.39. The Labute approximate surface area is 113 Å². The van der Waals surface area contributed by atoms with E-state index in [1.54, 1.807) is 0 Å². The maximum absolute atomic E-state index is 12.1. The average molecular weight is 398 g/mol. The zero-order valence-corrected chi connectivity index (χ0v) is 11.6. The van der Waals surface area contributed by atoms with E-state index in [2.05, 4.69) is 14.5 Å². The molecule has 0 unspecified atom stereocenters. The summed E-state index contributed by atoms with van der Waals surface area (Å²) in [5, 5.41) is 4.26. The van der Waals surface area contributed by atoms with E-state index in [1.165, 1.54) is 22.6 Å². The summed E-state index contributed by atoms with van der Waals surface area (Å²) in [6, 6.07) is 0. The van der Waals surface area contributed by atoms with Crippen LogP contribution in [0.5, 0.6) is 11.5 Å². The van der Waals surface area contributed by atoms with Gasteiger partial charge < -0.3 is 9.47 Å². The lowest BCUT2D eigenvalue weighted by Gasteiger charge is -2.14. The number of rotatable bonds is 3. The molecule has 0 aliphatic carbocycles. The number of hydrogen-bond donors (Lipinski definition) is 1. The first kappa shape index (κ1) is 15.2. The first-order chi connectivity index (χ1) is 8.06. The Bertz CT molecular complexity index is 561. The largest absolute Gasteiger partial charge is 0.573 e. The highest BCUT2D eigenvalue weighted by Gasteiger charge is 2.34. The van der Waals surface area contributed by atoms with Crippen LogP contribution in [0.4, 0.5) is 13.2 Å². The summed E-state index contributed by atoms with van der Waals surface area (Å²) in [5.74, 6) is -1.16. The Hall–Kier alpha value is -0.820. The summed E-state index contributed by atoms with van der Waals surface area (Å²) in [6.45, 7) is 0. The van der Waals surface area contributed by atoms with Gasteiger partial charge in [0.1, 0.15) is 0 Å². The third-order valence-electron chi connectivity index (χ3n) is 1.61. The number of aromatic nitrogens is 1. The summed E-state index contributed by atoms with van der Waals surface area (Å²) in [4.78, 5) is 3.32. The van der Waals surface area contributed by atoms with E-state index in [1.807, 2.05) is 0 Å². The molecule has 0 aliphatic rings. The molecule has 102 valence electrons. The maximum atomic E-state index is 12.1. The zero-order chi connectivity index (χ0) is 14.1. The van der Waals surface area contributed by atoms with Crippen LogP contribution in [0, 0.1) is 3.57 Å². The molecule has 1 rings (SSSR count). The molecule has 18 heavy (non-hydrogen) atoms. The number of halogens is 4. The molecule has 1 heterocycles. The fourth-order valence-corrected chi connectivity index (χ4v) is 3.11. The van der Waals surface area contributed by atoms with Crippen molar-refractivity contribution in [3.05, 3.63) is 9.77 Å². The number of ether oxygens (including phenoxy) is 2. The minimum atomic E-state index is -4.94. The number of sulfonamides is 1. The van der Waals surface area contributed by atoms with Crippen molar-refractivity contribution in [3.8, 4) is 11.5 Å². The number of hydrogen-bond acceptors (Lipinski definition) is 5. The smallest absolute Gasteiger partial charge is 0.492 e. The summed E-state index contributed by atoms with van der Waals surface area (Å²) >= 11 is 1.45. The summed E-state index contributed by atoms with van der Waals surface area (Å²) in [7, 11) is -3.10. The van der Waals surface area contributed by atoms with Crippen LogP contribution in [0.25, 0.3) is 0 Å². The number of pyridine rings is 1. The number of alkyl halides is 3. The monoisotopic (exact) mass is 398 g/mol. The van der Waals surface area contributed by atoms with Crippen molar-refractivity contribution < 1.29 is 31.1 Å². The third-order valence-corrected chi connectivity index (χ3v) is 3.82. The highest BCUT2D eigenvalue weighted by molar-refractivity contribution is 14.1. The number of nitrogens with zero attached hydrogens (tertiary/aromatic N) is 1. The molecular formula is C7H6F3IN2O4S. The van der Waals surface area contributed by atoms with E-state index < -0.39 is 32.9 Å². The molecule has 2 N–H and O–H groups in total. The van der Waals surface area contributed by atoms with Crippen LogP contribution in [-0.2, 0) is 10.0 Å². The molecular weight excluding hydrogens is 392 g/mol. The highest BCUT2D eigenvalue weighted by Crippen LogP contribution is 2.37. The molecule has 0 saturated carbocycles. The van der Waals surface area contributed by atoms with Crippen molar-refractivity contribution in [2.75, 3.05) is 7.11 Å². The number of methoxy groups -OCH3 is 1. The zero-order valence-electron chi connectivity index (χ0n) is 8.66. The molecule has 0 saturated heterocycles. The second-order valence-corrected chi connectivity index (χ2v) is 5.42. The van der Waals surface area contributed by atoms with E-state index >= 15 is 0 Å². The van der Waals surface area contributed by atoms with Gasteiger partial charge in [-0.25, -0.2) is 18.5 Å². The predicted octanol–water partition coefficient (Wildman–Crippen LogP) is 1.24. The molecule has 0 bridgehead atoms.